The van der Waals surface area contributed by atoms with Gasteiger partial charge < -0.3 is 14.6 Å². The second-order valence-electron chi connectivity index (χ2n) is 5.12. The third kappa shape index (κ3) is 5.56. The molecule has 0 aliphatic heterocycles. The van der Waals surface area contributed by atoms with Crippen LogP contribution in [0.4, 0.5) is 0 Å². The summed E-state index contributed by atoms with van der Waals surface area (Å²) in [6, 6.07) is 15.2. The van der Waals surface area contributed by atoms with Crippen LogP contribution in [0, 0.1) is 0 Å². The number of carbonyl (C=O) groups is 1. The molecular formula is C18H13ClNNaO3S. The van der Waals surface area contributed by atoms with Crippen LogP contribution in [0.15, 0.2) is 53.9 Å². The van der Waals surface area contributed by atoms with Crippen molar-refractivity contribution in [2.24, 2.45) is 0 Å². The summed E-state index contributed by atoms with van der Waals surface area (Å²) >= 11 is 7.35. The molecule has 0 N–H and O–H groups in total. The molecule has 0 fully saturated rings. The van der Waals surface area contributed by atoms with Gasteiger partial charge in [0.2, 0.25) is 0 Å². The van der Waals surface area contributed by atoms with Crippen LogP contribution in [0.1, 0.15) is 26.6 Å². The molecule has 0 bridgehead atoms. The fraction of sp³-hybridized carbons (Fsp3) is 0.111. The predicted octanol–water partition coefficient (Wildman–Crippen LogP) is 0.334. The summed E-state index contributed by atoms with van der Waals surface area (Å²) in [5, 5.41) is 13.6. The third-order valence-corrected chi connectivity index (χ3v) is 4.45. The summed E-state index contributed by atoms with van der Waals surface area (Å²) in [7, 11) is 0. The van der Waals surface area contributed by atoms with Crippen LogP contribution in [0.5, 0.6) is 5.75 Å². The Morgan fingerprint density at radius 1 is 1.20 bits per heavy atom. The van der Waals surface area contributed by atoms with E-state index in [-0.39, 0.29) is 35.3 Å². The molecule has 1 aromatic heterocycles. The van der Waals surface area contributed by atoms with Crippen molar-refractivity contribution >= 4 is 28.9 Å². The topological polar surface area (TPSA) is 62.2 Å². The standard InChI is InChI=1S/C18H14ClNO3S.Na/c19-14-6-7-16(23-10-12-4-2-1-3-5-12)13(8-14)9-17-20-15(11-24-17)18(21)22;/h1-8,11H,9-10H2,(H,21,22);/q;+1/p-1. The van der Waals surface area contributed by atoms with Crippen LogP contribution in [-0.4, -0.2) is 11.0 Å². The largest absolute Gasteiger partial charge is 1.00 e. The van der Waals surface area contributed by atoms with Gasteiger partial charge in [-0.25, -0.2) is 4.98 Å². The zero-order valence-electron chi connectivity index (χ0n) is 13.6. The van der Waals surface area contributed by atoms with E-state index in [9.17, 15) is 9.90 Å². The van der Waals surface area contributed by atoms with E-state index in [2.05, 4.69) is 4.98 Å². The zero-order valence-corrected chi connectivity index (χ0v) is 17.1. The average Bonchev–Trinajstić information content (AvgIpc) is 3.04. The molecule has 0 amide bonds. The molecule has 0 atom stereocenters. The van der Waals surface area contributed by atoms with Crippen LogP contribution in [0.3, 0.4) is 0 Å². The fourth-order valence-corrected chi connectivity index (χ4v) is 3.19. The normalized spacial score (nSPS) is 10.1. The number of ether oxygens (including phenoxy) is 1. The molecule has 1 heterocycles. The predicted molar refractivity (Wildman–Crippen MR) is 91.5 cm³/mol. The first kappa shape index (κ1) is 19.9. The van der Waals surface area contributed by atoms with Crippen molar-refractivity contribution in [3.05, 3.63) is 80.8 Å². The Balaban J connectivity index is 0.00000225. The Morgan fingerprint density at radius 2 is 1.96 bits per heavy atom. The molecule has 0 saturated heterocycles. The minimum atomic E-state index is -1.27. The Labute approximate surface area is 176 Å². The molecular weight excluding hydrogens is 369 g/mol. The van der Waals surface area contributed by atoms with E-state index in [1.165, 1.54) is 16.7 Å². The smallest absolute Gasteiger partial charge is 0.543 e. The number of thiazole rings is 1. The number of carbonyl (C=O) groups excluding carboxylic acids is 1. The van der Waals surface area contributed by atoms with E-state index >= 15 is 0 Å². The third-order valence-electron chi connectivity index (χ3n) is 3.36. The van der Waals surface area contributed by atoms with Gasteiger partial charge in [0.05, 0.1) is 16.7 Å². The van der Waals surface area contributed by atoms with Gasteiger partial charge in [0.25, 0.3) is 0 Å². The van der Waals surface area contributed by atoms with Gasteiger partial charge in [-0.15, -0.1) is 11.3 Å². The molecule has 0 aliphatic carbocycles. The molecule has 3 rings (SSSR count). The van der Waals surface area contributed by atoms with Crippen LogP contribution < -0.4 is 39.4 Å². The number of halogens is 1. The van der Waals surface area contributed by atoms with Crippen molar-refractivity contribution in [1.29, 1.82) is 0 Å². The van der Waals surface area contributed by atoms with Gasteiger partial charge in [0, 0.05) is 22.4 Å². The Kier molecular flexibility index (Phi) is 7.47. The quantitative estimate of drug-likeness (QED) is 0.577. The van der Waals surface area contributed by atoms with Crippen molar-refractivity contribution in [3.8, 4) is 5.75 Å². The first-order valence-corrected chi connectivity index (χ1v) is 8.48. The number of carboxylic acid groups (broad SMARTS) is 1. The number of carboxylic acids is 1. The summed E-state index contributed by atoms with van der Waals surface area (Å²) in [4.78, 5) is 14.9. The van der Waals surface area contributed by atoms with E-state index in [0.29, 0.717) is 28.8 Å². The molecule has 7 heteroatoms. The SMILES string of the molecule is O=C([O-])c1csc(Cc2cc(Cl)ccc2OCc2ccccc2)n1.[Na+]. The minimum absolute atomic E-state index is 0. The number of nitrogens with zero attached hydrogens (tertiary/aromatic N) is 1. The molecule has 2 aromatic carbocycles. The van der Waals surface area contributed by atoms with Gasteiger partial charge in [0.1, 0.15) is 12.4 Å². The van der Waals surface area contributed by atoms with E-state index in [4.69, 9.17) is 16.3 Å². The molecule has 25 heavy (non-hydrogen) atoms. The van der Waals surface area contributed by atoms with E-state index < -0.39 is 5.97 Å². The summed E-state index contributed by atoms with van der Waals surface area (Å²) in [5.74, 6) is -0.572. The van der Waals surface area contributed by atoms with Crippen molar-refractivity contribution in [3.63, 3.8) is 0 Å². The Bertz CT molecular complexity index is 855. The summed E-state index contributed by atoms with van der Waals surface area (Å²) in [5.41, 5.74) is 1.87. The Hall–Kier alpha value is -1.37. The van der Waals surface area contributed by atoms with Gasteiger partial charge in [-0.1, -0.05) is 41.9 Å². The Morgan fingerprint density at radius 3 is 2.64 bits per heavy atom. The molecule has 0 radical (unpaired) electrons. The van der Waals surface area contributed by atoms with Gasteiger partial charge in [0.15, 0.2) is 0 Å². The molecule has 122 valence electrons. The van der Waals surface area contributed by atoms with E-state index in [0.717, 1.165) is 11.1 Å². The maximum Gasteiger partial charge on any atom is 1.00 e. The summed E-state index contributed by atoms with van der Waals surface area (Å²) in [6.07, 6.45) is 0.447. The van der Waals surface area contributed by atoms with Crippen molar-refractivity contribution < 1.29 is 44.2 Å². The number of hydrogen-bond acceptors (Lipinski definition) is 5. The maximum atomic E-state index is 10.8. The van der Waals surface area contributed by atoms with Crippen molar-refractivity contribution in [2.45, 2.75) is 13.0 Å². The molecule has 3 aromatic rings. The number of rotatable bonds is 6. The van der Waals surface area contributed by atoms with Gasteiger partial charge in [-0.2, -0.15) is 0 Å². The summed E-state index contributed by atoms with van der Waals surface area (Å²) in [6.45, 7) is 0.442. The van der Waals surface area contributed by atoms with Crippen LogP contribution in [-0.2, 0) is 13.0 Å². The monoisotopic (exact) mass is 381 g/mol. The number of aromatic carboxylic acids is 1. The van der Waals surface area contributed by atoms with Crippen LogP contribution >= 0.6 is 22.9 Å². The molecule has 4 nitrogen and oxygen atoms in total. The average molecular weight is 382 g/mol. The maximum absolute atomic E-state index is 10.8. The van der Waals surface area contributed by atoms with Crippen molar-refractivity contribution in [1.82, 2.24) is 4.98 Å². The number of benzene rings is 2. The molecule has 0 saturated carbocycles. The first-order chi connectivity index (χ1) is 11.6. The fourth-order valence-electron chi connectivity index (χ4n) is 2.21. The number of aromatic nitrogens is 1. The zero-order chi connectivity index (χ0) is 16.9. The molecule has 0 aliphatic rings. The van der Waals surface area contributed by atoms with E-state index in [1.807, 2.05) is 42.5 Å². The van der Waals surface area contributed by atoms with Gasteiger partial charge in [-0.05, 0) is 23.8 Å². The second kappa shape index (κ2) is 9.36. The molecule has 0 spiro atoms. The minimum Gasteiger partial charge on any atom is -0.543 e. The van der Waals surface area contributed by atoms with Crippen LogP contribution in [0.25, 0.3) is 0 Å². The second-order valence-corrected chi connectivity index (χ2v) is 6.50. The van der Waals surface area contributed by atoms with Gasteiger partial charge >= 0.3 is 29.6 Å². The van der Waals surface area contributed by atoms with Crippen LogP contribution in [0.2, 0.25) is 5.02 Å². The summed E-state index contributed by atoms with van der Waals surface area (Å²) < 4.78 is 5.89. The van der Waals surface area contributed by atoms with Crippen molar-refractivity contribution in [2.75, 3.05) is 0 Å². The first-order valence-electron chi connectivity index (χ1n) is 7.23. The van der Waals surface area contributed by atoms with Gasteiger partial charge in [-0.3, -0.25) is 0 Å². The van der Waals surface area contributed by atoms with E-state index in [1.54, 1.807) is 6.07 Å². The number of hydrogen-bond donors (Lipinski definition) is 0. The molecule has 0 unspecified atom stereocenters.